The van der Waals surface area contributed by atoms with Crippen LogP contribution in [0.15, 0.2) is 36.7 Å². The van der Waals surface area contributed by atoms with Crippen molar-refractivity contribution in [1.29, 1.82) is 0 Å². The van der Waals surface area contributed by atoms with E-state index in [0.717, 1.165) is 50.4 Å². The van der Waals surface area contributed by atoms with Crippen LogP contribution in [0.25, 0.3) is 0 Å². The summed E-state index contributed by atoms with van der Waals surface area (Å²) < 4.78 is 40.2. The van der Waals surface area contributed by atoms with Crippen molar-refractivity contribution < 1.29 is 13.2 Å². The van der Waals surface area contributed by atoms with Crippen LogP contribution in [-0.2, 0) is 26.3 Å². The summed E-state index contributed by atoms with van der Waals surface area (Å²) >= 11 is 0. The lowest BCUT2D eigenvalue weighted by atomic mass is 10.1. The molecule has 4 nitrogen and oxygen atoms in total. The van der Waals surface area contributed by atoms with Gasteiger partial charge in [-0.15, -0.1) is 0 Å². The highest BCUT2D eigenvalue weighted by atomic mass is 19.4. The molecule has 0 bridgehead atoms. The van der Waals surface area contributed by atoms with Gasteiger partial charge in [0.2, 0.25) is 0 Å². The molecule has 140 valence electrons. The van der Waals surface area contributed by atoms with Gasteiger partial charge in [-0.3, -0.25) is 9.80 Å². The fourth-order valence-electron chi connectivity index (χ4n) is 4.32. The number of likely N-dealkylation sites (tertiary alicyclic amines) is 2. The summed E-state index contributed by atoms with van der Waals surface area (Å²) in [6, 6.07) is 6.59. The number of imidazole rings is 1. The van der Waals surface area contributed by atoms with Gasteiger partial charge >= 0.3 is 6.18 Å². The minimum atomic E-state index is -4.27. The molecular weight excluding hydrogens is 341 g/mol. The second kappa shape index (κ2) is 6.70. The molecule has 0 N–H and O–H groups in total. The van der Waals surface area contributed by atoms with Crippen molar-refractivity contribution in [1.82, 2.24) is 19.4 Å². The fourth-order valence-corrected chi connectivity index (χ4v) is 4.32. The first-order valence-corrected chi connectivity index (χ1v) is 9.02. The normalized spacial score (nSPS) is 24.3. The SMILES string of the molecule is Cn1ccnc1CN1CC[C@H]2[C@@H]1CCN2Cc1ccc(C(F)(F)F)cc1. The van der Waals surface area contributed by atoms with E-state index in [4.69, 9.17) is 0 Å². The highest BCUT2D eigenvalue weighted by molar-refractivity contribution is 5.25. The third-order valence-corrected chi connectivity index (χ3v) is 5.74. The van der Waals surface area contributed by atoms with E-state index in [1.807, 2.05) is 19.4 Å². The minimum Gasteiger partial charge on any atom is -0.337 e. The van der Waals surface area contributed by atoms with Crippen LogP contribution in [0.5, 0.6) is 0 Å². The Bertz CT molecular complexity index is 753. The predicted octanol–water partition coefficient (Wildman–Crippen LogP) is 3.29. The van der Waals surface area contributed by atoms with Crippen molar-refractivity contribution in [2.24, 2.45) is 7.05 Å². The molecule has 0 radical (unpaired) electrons. The summed E-state index contributed by atoms with van der Waals surface area (Å²) in [5, 5.41) is 0. The van der Waals surface area contributed by atoms with Crippen LogP contribution in [0.2, 0.25) is 0 Å². The van der Waals surface area contributed by atoms with Gasteiger partial charge in [0.15, 0.2) is 0 Å². The van der Waals surface area contributed by atoms with Crippen LogP contribution in [0, 0.1) is 0 Å². The van der Waals surface area contributed by atoms with E-state index in [1.165, 1.54) is 12.1 Å². The van der Waals surface area contributed by atoms with E-state index in [-0.39, 0.29) is 0 Å². The Labute approximate surface area is 151 Å². The van der Waals surface area contributed by atoms with Gasteiger partial charge in [0, 0.05) is 51.2 Å². The molecule has 2 aliphatic rings. The molecule has 2 saturated heterocycles. The summed E-state index contributed by atoms with van der Waals surface area (Å²) in [6.45, 7) is 3.62. The molecule has 0 aliphatic carbocycles. The number of nitrogens with zero attached hydrogens (tertiary/aromatic N) is 4. The highest BCUT2D eigenvalue weighted by Crippen LogP contribution is 2.34. The van der Waals surface area contributed by atoms with Gasteiger partial charge in [-0.2, -0.15) is 13.2 Å². The average Bonchev–Trinajstić information content (AvgIpc) is 3.28. The maximum Gasteiger partial charge on any atom is 0.416 e. The van der Waals surface area contributed by atoms with E-state index in [2.05, 4.69) is 19.4 Å². The number of aryl methyl sites for hydroxylation is 1. The molecule has 26 heavy (non-hydrogen) atoms. The zero-order chi connectivity index (χ0) is 18.3. The molecule has 2 aliphatic heterocycles. The maximum absolute atomic E-state index is 12.7. The first kappa shape index (κ1) is 17.5. The van der Waals surface area contributed by atoms with Crippen LogP contribution >= 0.6 is 0 Å². The molecule has 2 fully saturated rings. The lowest BCUT2D eigenvalue weighted by molar-refractivity contribution is -0.137. The maximum atomic E-state index is 12.7. The first-order chi connectivity index (χ1) is 12.4. The smallest absolute Gasteiger partial charge is 0.337 e. The second-order valence-electron chi connectivity index (χ2n) is 7.30. The van der Waals surface area contributed by atoms with Gasteiger partial charge in [0.05, 0.1) is 12.1 Å². The average molecular weight is 364 g/mol. The number of aromatic nitrogens is 2. The van der Waals surface area contributed by atoms with Gasteiger partial charge in [-0.05, 0) is 30.5 Å². The van der Waals surface area contributed by atoms with Crippen molar-refractivity contribution in [3.63, 3.8) is 0 Å². The Hall–Kier alpha value is -1.86. The van der Waals surface area contributed by atoms with Crippen LogP contribution in [0.3, 0.4) is 0 Å². The molecule has 0 unspecified atom stereocenters. The second-order valence-corrected chi connectivity index (χ2v) is 7.30. The monoisotopic (exact) mass is 364 g/mol. The Balaban J connectivity index is 1.39. The van der Waals surface area contributed by atoms with Crippen LogP contribution in [-0.4, -0.2) is 44.5 Å². The standard InChI is InChI=1S/C19H23F3N4/c1-24-11-8-23-18(24)13-26-10-7-16-17(26)6-9-25(16)12-14-2-4-15(5-3-14)19(20,21)22/h2-5,8,11,16-17H,6-7,9-10,12-13H2,1H3/t16-,17-/m0/s1. The Morgan fingerprint density at radius 2 is 1.62 bits per heavy atom. The van der Waals surface area contributed by atoms with Gasteiger partial charge in [0.1, 0.15) is 5.82 Å². The Kier molecular flexibility index (Phi) is 4.52. The molecule has 4 rings (SSSR count). The molecule has 0 spiro atoms. The van der Waals surface area contributed by atoms with Crippen molar-refractivity contribution in [2.75, 3.05) is 13.1 Å². The van der Waals surface area contributed by atoms with Crippen LogP contribution < -0.4 is 0 Å². The summed E-state index contributed by atoms with van der Waals surface area (Å²) in [4.78, 5) is 9.35. The minimum absolute atomic E-state index is 0.484. The largest absolute Gasteiger partial charge is 0.416 e. The van der Waals surface area contributed by atoms with E-state index < -0.39 is 11.7 Å². The molecule has 2 aromatic rings. The Morgan fingerprint density at radius 3 is 2.15 bits per heavy atom. The van der Waals surface area contributed by atoms with E-state index in [1.54, 1.807) is 12.1 Å². The third-order valence-electron chi connectivity index (χ3n) is 5.74. The van der Waals surface area contributed by atoms with Crippen molar-refractivity contribution in [2.45, 2.75) is 44.2 Å². The molecule has 3 heterocycles. The molecular formula is C19H23F3N4. The highest BCUT2D eigenvalue weighted by Gasteiger charge is 2.42. The predicted molar refractivity (Wildman–Crippen MR) is 92.3 cm³/mol. The van der Waals surface area contributed by atoms with Crippen LogP contribution in [0.1, 0.15) is 29.8 Å². The van der Waals surface area contributed by atoms with E-state index in [0.29, 0.717) is 12.1 Å². The first-order valence-electron chi connectivity index (χ1n) is 9.02. The number of fused-ring (bicyclic) bond motifs is 1. The molecule has 1 aromatic heterocycles. The third kappa shape index (κ3) is 3.38. The topological polar surface area (TPSA) is 24.3 Å². The van der Waals surface area contributed by atoms with Gasteiger partial charge in [0.25, 0.3) is 0 Å². The van der Waals surface area contributed by atoms with Gasteiger partial charge < -0.3 is 4.57 Å². The zero-order valence-electron chi connectivity index (χ0n) is 14.8. The molecule has 1 aromatic carbocycles. The van der Waals surface area contributed by atoms with Crippen LogP contribution in [0.4, 0.5) is 13.2 Å². The summed E-state index contributed by atoms with van der Waals surface area (Å²) in [6.07, 6.45) is 1.74. The number of hydrogen-bond donors (Lipinski definition) is 0. The van der Waals surface area contributed by atoms with Crippen molar-refractivity contribution >= 4 is 0 Å². The molecule has 0 saturated carbocycles. The quantitative estimate of drug-likeness (QED) is 0.832. The summed E-state index contributed by atoms with van der Waals surface area (Å²) in [5.41, 5.74) is 0.365. The fraction of sp³-hybridized carbons (Fsp3) is 0.526. The summed E-state index contributed by atoms with van der Waals surface area (Å²) in [7, 11) is 2.02. The molecule has 0 amide bonds. The number of hydrogen-bond acceptors (Lipinski definition) is 3. The van der Waals surface area contributed by atoms with Gasteiger partial charge in [-0.25, -0.2) is 4.98 Å². The number of alkyl halides is 3. The van der Waals surface area contributed by atoms with E-state index >= 15 is 0 Å². The zero-order valence-corrected chi connectivity index (χ0v) is 14.8. The molecule has 7 heteroatoms. The number of rotatable bonds is 4. The van der Waals surface area contributed by atoms with Crippen molar-refractivity contribution in [3.05, 3.63) is 53.6 Å². The van der Waals surface area contributed by atoms with E-state index in [9.17, 15) is 13.2 Å². The lowest BCUT2D eigenvalue weighted by Gasteiger charge is -2.25. The van der Waals surface area contributed by atoms with Gasteiger partial charge in [-0.1, -0.05) is 12.1 Å². The Morgan fingerprint density at radius 1 is 1.00 bits per heavy atom. The number of halogens is 3. The number of benzene rings is 1. The molecule has 2 atom stereocenters. The lowest BCUT2D eigenvalue weighted by Crippen LogP contribution is -2.36. The van der Waals surface area contributed by atoms with Crippen molar-refractivity contribution in [3.8, 4) is 0 Å². The summed E-state index contributed by atoms with van der Waals surface area (Å²) in [5.74, 6) is 1.08.